The van der Waals surface area contributed by atoms with Crippen LogP contribution in [0.3, 0.4) is 0 Å². The van der Waals surface area contributed by atoms with E-state index in [1.165, 1.54) is 32.5 Å². The first-order valence-corrected chi connectivity index (χ1v) is 6.16. The highest BCUT2D eigenvalue weighted by Gasteiger charge is 2.09. The van der Waals surface area contributed by atoms with Crippen molar-refractivity contribution in [3.05, 3.63) is 17.4 Å². The summed E-state index contributed by atoms with van der Waals surface area (Å²) in [5, 5.41) is 3.76. The molecule has 1 aliphatic heterocycles. The van der Waals surface area contributed by atoms with E-state index in [4.69, 9.17) is 11.6 Å². The quantitative estimate of drug-likeness (QED) is 0.800. The third kappa shape index (κ3) is 3.61. The number of nitrogens with one attached hydrogen (secondary N) is 1. The predicted molar refractivity (Wildman–Crippen MR) is 65.8 cm³/mol. The number of hydrogen-bond donors (Lipinski definition) is 1. The number of rotatable bonds is 5. The molecule has 4 nitrogen and oxygen atoms in total. The van der Waals surface area contributed by atoms with Crippen LogP contribution in [0.15, 0.2) is 12.4 Å². The number of halogens is 1. The SMILES string of the molecule is Clc1cnc(NCCCN2CCCC2)nc1. The standard InChI is InChI=1S/C11H17ClN4/c12-10-8-14-11(15-9-10)13-4-3-7-16-5-1-2-6-16/h8-9H,1-7H2,(H,13,14,15). The van der Waals surface area contributed by atoms with Crippen molar-refractivity contribution in [1.29, 1.82) is 0 Å². The summed E-state index contributed by atoms with van der Waals surface area (Å²) in [6.45, 7) is 4.60. The average Bonchev–Trinajstić information content (AvgIpc) is 2.80. The van der Waals surface area contributed by atoms with Crippen LogP contribution in [0.5, 0.6) is 0 Å². The molecule has 16 heavy (non-hydrogen) atoms. The van der Waals surface area contributed by atoms with Crippen LogP contribution >= 0.6 is 11.6 Å². The van der Waals surface area contributed by atoms with Crippen LogP contribution in [-0.2, 0) is 0 Å². The molecule has 0 aliphatic carbocycles. The molecule has 0 aromatic carbocycles. The Hall–Kier alpha value is -0.870. The minimum atomic E-state index is 0.572. The Labute approximate surface area is 101 Å². The highest BCUT2D eigenvalue weighted by molar-refractivity contribution is 6.30. The monoisotopic (exact) mass is 240 g/mol. The van der Waals surface area contributed by atoms with Crippen LogP contribution in [0.2, 0.25) is 5.02 Å². The minimum Gasteiger partial charge on any atom is -0.354 e. The van der Waals surface area contributed by atoms with E-state index in [0.717, 1.165) is 13.0 Å². The molecule has 0 spiro atoms. The predicted octanol–water partition coefficient (Wildman–Crippen LogP) is 2.03. The van der Waals surface area contributed by atoms with Gasteiger partial charge in [0.05, 0.1) is 17.4 Å². The van der Waals surface area contributed by atoms with Gasteiger partial charge in [-0.1, -0.05) is 11.6 Å². The summed E-state index contributed by atoms with van der Waals surface area (Å²) in [5.74, 6) is 0.658. The molecule has 1 saturated heterocycles. The molecule has 1 fully saturated rings. The molecule has 1 aliphatic rings. The van der Waals surface area contributed by atoms with Gasteiger partial charge >= 0.3 is 0 Å². The maximum Gasteiger partial charge on any atom is 0.222 e. The molecule has 0 atom stereocenters. The number of hydrogen-bond acceptors (Lipinski definition) is 4. The molecule has 5 heteroatoms. The van der Waals surface area contributed by atoms with Crippen LogP contribution in [0, 0.1) is 0 Å². The van der Waals surface area contributed by atoms with Gasteiger partial charge in [0.25, 0.3) is 0 Å². The topological polar surface area (TPSA) is 41.1 Å². The van der Waals surface area contributed by atoms with E-state index < -0.39 is 0 Å². The van der Waals surface area contributed by atoms with Gasteiger partial charge in [0.2, 0.25) is 5.95 Å². The summed E-state index contributed by atoms with van der Waals surface area (Å²) in [4.78, 5) is 10.7. The molecule has 1 N–H and O–H groups in total. The Morgan fingerprint density at radius 1 is 1.25 bits per heavy atom. The fourth-order valence-electron chi connectivity index (χ4n) is 1.91. The lowest BCUT2D eigenvalue weighted by Gasteiger charge is -2.14. The van der Waals surface area contributed by atoms with Gasteiger partial charge in [-0.25, -0.2) is 9.97 Å². The van der Waals surface area contributed by atoms with Crippen molar-refractivity contribution in [3.63, 3.8) is 0 Å². The zero-order valence-electron chi connectivity index (χ0n) is 9.32. The lowest BCUT2D eigenvalue weighted by molar-refractivity contribution is 0.337. The van der Waals surface area contributed by atoms with Crippen molar-refractivity contribution in [2.75, 3.05) is 31.5 Å². The van der Waals surface area contributed by atoms with Gasteiger partial charge in [-0.05, 0) is 38.9 Å². The summed E-state index contributed by atoms with van der Waals surface area (Å²) < 4.78 is 0. The third-order valence-corrected chi connectivity index (χ3v) is 2.95. The molecule has 1 aromatic heterocycles. The molecule has 2 rings (SSSR count). The molecule has 2 heterocycles. The smallest absolute Gasteiger partial charge is 0.222 e. The molecule has 0 unspecified atom stereocenters. The summed E-state index contributed by atoms with van der Waals surface area (Å²) in [6, 6.07) is 0. The molecule has 0 saturated carbocycles. The van der Waals surface area contributed by atoms with Crippen molar-refractivity contribution >= 4 is 17.5 Å². The van der Waals surface area contributed by atoms with Crippen molar-refractivity contribution in [2.45, 2.75) is 19.3 Å². The maximum absolute atomic E-state index is 5.70. The van der Waals surface area contributed by atoms with Crippen molar-refractivity contribution < 1.29 is 0 Å². The van der Waals surface area contributed by atoms with Crippen LogP contribution in [-0.4, -0.2) is 41.0 Å². The van der Waals surface area contributed by atoms with Crippen LogP contribution in [0.25, 0.3) is 0 Å². The van der Waals surface area contributed by atoms with E-state index >= 15 is 0 Å². The van der Waals surface area contributed by atoms with Crippen molar-refractivity contribution in [3.8, 4) is 0 Å². The minimum absolute atomic E-state index is 0.572. The molecular formula is C11H17ClN4. The van der Waals surface area contributed by atoms with Gasteiger partial charge in [0.1, 0.15) is 0 Å². The fraction of sp³-hybridized carbons (Fsp3) is 0.636. The Kier molecular flexibility index (Phi) is 4.36. The third-order valence-electron chi connectivity index (χ3n) is 2.75. The highest BCUT2D eigenvalue weighted by atomic mass is 35.5. The van der Waals surface area contributed by atoms with Crippen LogP contribution < -0.4 is 5.32 Å². The summed E-state index contributed by atoms with van der Waals surface area (Å²) in [7, 11) is 0. The molecule has 0 radical (unpaired) electrons. The van der Waals surface area contributed by atoms with E-state index in [0.29, 0.717) is 11.0 Å². The molecule has 88 valence electrons. The van der Waals surface area contributed by atoms with Crippen molar-refractivity contribution in [2.24, 2.45) is 0 Å². The Morgan fingerprint density at radius 2 is 1.94 bits per heavy atom. The fourth-order valence-corrected chi connectivity index (χ4v) is 2.01. The Morgan fingerprint density at radius 3 is 2.62 bits per heavy atom. The molecule has 1 aromatic rings. The highest BCUT2D eigenvalue weighted by Crippen LogP contribution is 2.08. The number of likely N-dealkylation sites (tertiary alicyclic amines) is 1. The number of aromatic nitrogens is 2. The van der Waals surface area contributed by atoms with Crippen LogP contribution in [0.4, 0.5) is 5.95 Å². The van der Waals surface area contributed by atoms with Gasteiger partial charge in [-0.15, -0.1) is 0 Å². The summed E-state index contributed by atoms with van der Waals surface area (Å²) in [6.07, 6.45) is 7.06. The van der Waals surface area contributed by atoms with E-state index in [9.17, 15) is 0 Å². The molecular weight excluding hydrogens is 224 g/mol. The first-order valence-electron chi connectivity index (χ1n) is 5.78. The summed E-state index contributed by atoms with van der Waals surface area (Å²) in [5.41, 5.74) is 0. The Balaban J connectivity index is 1.62. The zero-order valence-corrected chi connectivity index (χ0v) is 10.1. The van der Waals surface area contributed by atoms with E-state index in [1.54, 1.807) is 12.4 Å². The van der Waals surface area contributed by atoms with E-state index in [-0.39, 0.29) is 0 Å². The van der Waals surface area contributed by atoms with Crippen molar-refractivity contribution in [1.82, 2.24) is 14.9 Å². The molecule has 0 bridgehead atoms. The first-order chi connectivity index (χ1) is 7.84. The van der Waals surface area contributed by atoms with Gasteiger partial charge in [0.15, 0.2) is 0 Å². The maximum atomic E-state index is 5.70. The van der Waals surface area contributed by atoms with E-state index in [2.05, 4.69) is 20.2 Å². The zero-order chi connectivity index (χ0) is 11.2. The second kappa shape index (κ2) is 6.01. The van der Waals surface area contributed by atoms with E-state index in [1.807, 2.05) is 0 Å². The van der Waals surface area contributed by atoms with Gasteiger partial charge in [0, 0.05) is 6.54 Å². The Bertz CT molecular complexity index is 308. The van der Waals surface area contributed by atoms with Gasteiger partial charge < -0.3 is 10.2 Å². The van der Waals surface area contributed by atoms with Crippen LogP contribution in [0.1, 0.15) is 19.3 Å². The summed E-state index contributed by atoms with van der Waals surface area (Å²) >= 11 is 5.70. The number of anilines is 1. The second-order valence-corrected chi connectivity index (χ2v) is 4.49. The normalized spacial score (nSPS) is 16.6. The van der Waals surface area contributed by atoms with Gasteiger partial charge in [-0.3, -0.25) is 0 Å². The average molecular weight is 241 g/mol. The lowest BCUT2D eigenvalue weighted by Crippen LogP contribution is -2.22. The first kappa shape index (κ1) is 11.6. The molecule has 0 amide bonds. The largest absolute Gasteiger partial charge is 0.354 e. The number of nitrogens with zero attached hydrogens (tertiary/aromatic N) is 3. The lowest BCUT2D eigenvalue weighted by atomic mass is 10.4. The second-order valence-electron chi connectivity index (χ2n) is 4.05. The van der Waals surface area contributed by atoms with Gasteiger partial charge in [-0.2, -0.15) is 0 Å².